The van der Waals surface area contributed by atoms with Crippen molar-refractivity contribution in [2.24, 2.45) is 7.05 Å². The molecular weight excluding hydrogens is 212 g/mol. The van der Waals surface area contributed by atoms with Gasteiger partial charge in [-0.15, -0.1) is 0 Å². The molecule has 0 aliphatic rings. The summed E-state index contributed by atoms with van der Waals surface area (Å²) < 4.78 is 1.81. The van der Waals surface area contributed by atoms with E-state index in [-0.39, 0.29) is 0 Å². The van der Waals surface area contributed by atoms with E-state index >= 15 is 0 Å². The predicted octanol–water partition coefficient (Wildman–Crippen LogP) is 2.43. The van der Waals surface area contributed by atoms with E-state index in [9.17, 15) is 5.11 Å². The van der Waals surface area contributed by atoms with E-state index < -0.39 is 6.10 Å². The second-order valence-electron chi connectivity index (χ2n) is 4.47. The third-order valence-corrected chi connectivity index (χ3v) is 3.32. The fourth-order valence-corrected chi connectivity index (χ4v) is 2.23. The monoisotopic (exact) mass is 230 g/mol. The highest BCUT2D eigenvalue weighted by Gasteiger charge is 2.20. The largest absolute Gasteiger partial charge is 0.384 e. The van der Waals surface area contributed by atoms with Gasteiger partial charge in [0.25, 0.3) is 0 Å². The van der Waals surface area contributed by atoms with E-state index in [1.54, 1.807) is 0 Å². The second kappa shape index (κ2) is 4.34. The van der Waals surface area contributed by atoms with Crippen LogP contribution in [-0.4, -0.2) is 14.9 Å². The Balaban J connectivity index is 2.51. The highest BCUT2D eigenvalue weighted by molar-refractivity contribution is 5.38. The lowest BCUT2D eigenvalue weighted by atomic mass is 9.96. The van der Waals surface area contributed by atoms with Crippen molar-refractivity contribution >= 4 is 0 Å². The molecule has 1 unspecified atom stereocenters. The Hall–Kier alpha value is -1.61. The lowest BCUT2D eigenvalue weighted by Crippen LogP contribution is -2.04. The summed E-state index contributed by atoms with van der Waals surface area (Å²) in [5.41, 5.74) is 4.87. The summed E-state index contributed by atoms with van der Waals surface area (Å²) in [7, 11) is 1.90. The SMILES string of the molecule is Cc1ccccc1C(O)c1c(C)nn(C)c1C. The molecule has 0 saturated carbocycles. The van der Waals surface area contributed by atoms with Crippen molar-refractivity contribution in [3.8, 4) is 0 Å². The van der Waals surface area contributed by atoms with Crippen LogP contribution in [0.4, 0.5) is 0 Å². The highest BCUT2D eigenvalue weighted by atomic mass is 16.3. The average Bonchev–Trinajstić information content (AvgIpc) is 2.53. The summed E-state index contributed by atoms with van der Waals surface area (Å²) in [6.07, 6.45) is -0.593. The van der Waals surface area contributed by atoms with Crippen LogP contribution in [0.1, 0.15) is 34.2 Å². The van der Waals surface area contributed by atoms with Crippen LogP contribution in [0, 0.1) is 20.8 Å². The number of hydrogen-bond donors (Lipinski definition) is 1. The molecule has 0 saturated heterocycles. The van der Waals surface area contributed by atoms with Crippen LogP contribution in [-0.2, 0) is 7.05 Å². The van der Waals surface area contributed by atoms with Gasteiger partial charge in [-0.3, -0.25) is 4.68 Å². The summed E-state index contributed by atoms with van der Waals surface area (Å²) in [6, 6.07) is 7.91. The minimum atomic E-state index is -0.593. The van der Waals surface area contributed by atoms with Gasteiger partial charge in [-0.2, -0.15) is 5.10 Å². The van der Waals surface area contributed by atoms with Crippen LogP contribution in [0.25, 0.3) is 0 Å². The first kappa shape index (κ1) is 11.9. The first-order valence-corrected chi connectivity index (χ1v) is 5.76. The van der Waals surface area contributed by atoms with Crippen LogP contribution >= 0.6 is 0 Å². The molecule has 1 aromatic heterocycles. The Morgan fingerprint density at radius 3 is 2.35 bits per heavy atom. The molecule has 0 aliphatic carbocycles. The lowest BCUT2D eigenvalue weighted by Gasteiger charge is -2.14. The number of aromatic nitrogens is 2. The van der Waals surface area contributed by atoms with Gasteiger partial charge in [-0.05, 0) is 31.9 Å². The van der Waals surface area contributed by atoms with Crippen molar-refractivity contribution in [3.63, 3.8) is 0 Å². The molecule has 0 fully saturated rings. The number of aliphatic hydroxyl groups excluding tert-OH is 1. The van der Waals surface area contributed by atoms with E-state index in [0.29, 0.717) is 0 Å². The molecule has 0 spiro atoms. The normalized spacial score (nSPS) is 12.8. The summed E-state index contributed by atoms with van der Waals surface area (Å²) >= 11 is 0. The molecule has 1 atom stereocenters. The quantitative estimate of drug-likeness (QED) is 0.860. The molecule has 0 amide bonds. The maximum absolute atomic E-state index is 10.5. The Labute approximate surface area is 102 Å². The average molecular weight is 230 g/mol. The number of rotatable bonds is 2. The van der Waals surface area contributed by atoms with Crippen molar-refractivity contribution in [2.75, 3.05) is 0 Å². The minimum absolute atomic E-state index is 0.593. The van der Waals surface area contributed by atoms with Crippen molar-refractivity contribution in [1.29, 1.82) is 0 Å². The van der Waals surface area contributed by atoms with Crippen molar-refractivity contribution < 1.29 is 5.11 Å². The maximum Gasteiger partial charge on any atom is 0.108 e. The molecule has 3 heteroatoms. The van der Waals surface area contributed by atoms with Crippen LogP contribution in [0.5, 0.6) is 0 Å². The zero-order chi connectivity index (χ0) is 12.6. The first-order valence-electron chi connectivity index (χ1n) is 5.76. The van der Waals surface area contributed by atoms with Gasteiger partial charge < -0.3 is 5.11 Å². The number of hydrogen-bond acceptors (Lipinski definition) is 2. The zero-order valence-corrected chi connectivity index (χ0v) is 10.7. The Morgan fingerprint density at radius 2 is 1.82 bits per heavy atom. The fraction of sp³-hybridized carbons (Fsp3) is 0.357. The molecule has 0 aliphatic heterocycles. The smallest absolute Gasteiger partial charge is 0.108 e. The number of aliphatic hydroxyl groups is 1. The van der Waals surface area contributed by atoms with Gasteiger partial charge >= 0.3 is 0 Å². The Bertz CT molecular complexity index is 543. The zero-order valence-electron chi connectivity index (χ0n) is 10.7. The first-order chi connectivity index (χ1) is 8.02. The third-order valence-electron chi connectivity index (χ3n) is 3.32. The van der Waals surface area contributed by atoms with Gasteiger partial charge in [-0.1, -0.05) is 24.3 Å². The van der Waals surface area contributed by atoms with E-state index in [1.807, 2.05) is 56.8 Å². The van der Waals surface area contributed by atoms with Crippen molar-refractivity contribution in [3.05, 3.63) is 52.3 Å². The van der Waals surface area contributed by atoms with Crippen LogP contribution in [0.3, 0.4) is 0 Å². The Morgan fingerprint density at radius 1 is 1.18 bits per heavy atom. The highest BCUT2D eigenvalue weighted by Crippen LogP contribution is 2.28. The lowest BCUT2D eigenvalue weighted by molar-refractivity contribution is 0.218. The van der Waals surface area contributed by atoms with Gasteiger partial charge in [0.05, 0.1) is 5.69 Å². The maximum atomic E-state index is 10.5. The van der Waals surface area contributed by atoms with Gasteiger partial charge in [0.1, 0.15) is 6.10 Å². The molecular formula is C14H18N2O. The van der Waals surface area contributed by atoms with Crippen LogP contribution in [0.15, 0.2) is 24.3 Å². The molecule has 2 rings (SSSR count). The fourth-order valence-electron chi connectivity index (χ4n) is 2.23. The molecule has 2 aromatic rings. The summed E-state index contributed by atoms with van der Waals surface area (Å²) in [4.78, 5) is 0. The summed E-state index contributed by atoms with van der Waals surface area (Å²) in [5, 5.41) is 14.8. The molecule has 3 nitrogen and oxygen atoms in total. The molecule has 1 heterocycles. The third kappa shape index (κ3) is 1.98. The van der Waals surface area contributed by atoms with E-state index in [1.165, 1.54) is 0 Å². The minimum Gasteiger partial charge on any atom is -0.384 e. The van der Waals surface area contributed by atoms with E-state index in [4.69, 9.17) is 0 Å². The number of aryl methyl sites for hydroxylation is 3. The van der Waals surface area contributed by atoms with Crippen molar-refractivity contribution in [2.45, 2.75) is 26.9 Å². The molecule has 0 radical (unpaired) electrons. The van der Waals surface area contributed by atoms with E-state index in [2.05, 4.69) is 5.10 Å². The predicted molar refractivity (Wildman–Crippen MR) is 67.9 cm³/mol. The topological polar surface area (TPSA) is 38.1 Å². The standard InChI is InChI=1S/C14H18N2O/c1-9-7-5-6-8-12(9)14(17)13-10(2)15-16(4)11(13)3/h5-8,14,17H,1-4H3. The number of nitrogens with zero attached hydrogens (tertiary/aromatic N) is 2. The summed E-state index contributed by atoms with van der Waals surface area (Å²) in [6.45, 7) is 5.93. The van der Waals surface area contributed by atoms with Gasteiger partial charge in [0, 0.05) is 18.3 Å². The van der Waals surface area contributed by atoms with E-state index in [0.717, 1.165) is 28.1 Å². The van der Waals surface area contributed by atoms with Crippen LogP contribution in [0.2, 0.25) is 0 Å². The van der Waals surface area contributed by atoms with Gasteiger partial charge in [0.15, 0.2) is 0 Å². The molecule has 1 N–H and O–H groups in total. The number of benzene rings is 1. The second-order valence-corrected chi connectivity index (χ2v) is 4.47. The molecule has 0 bridgehead atoms. The van der Waals surface area contributed by atoms with Crippen molar-refractivity contribution in [1.82, 2.24) is 9.78 Å². The molecule has 1 aromatic carbocycles. The van der Waals surface area contributed by atoms with Gasteiger partial charge in [0.2, 0.25) is 0 Å². The van der Waals surface area contributed by atoms with Crippen LogP contribution < -0.4 is 0 Å². The molecule has 17 heavy (non-hydrogen) atoms. The molecule has 90 valence electrons. The summed E-state index contributed by atoms with van der Waals surface area (Å²) in [5.74, 6) is 0. The Kier molecular flexibility index (Phi) is 3.03. The van der Waals surface area contributed by atoms with Gasteiger partial charge in [-0.25, -0.2) is 0 Å².